The molecule has 1 aromatic carbocycles. The van der Waals surface area contributed by atoms with Gasteiger partial charge in [-0.25, -0.2) is 0 Å². The molecule has 2 heterocycles. The summed E-state index contributed by atoms with van der Waals surface area (Å²) < 4.78 is 0. The molecule has 2 aromatic rings. The predicted octanol–water partition coefficient (Wildman–Crippen LogP) is 3.71. The minimum absolute atomic E-state index is 0.178. The highest BCUT2D eigenvalue weighted by molar-refractivity contribution is 6.02. The summed E-state index contributed by atoms with van der Waals surface area (Å²) in [5, 5.41) is 2.88. The summed E-state index contributed by atoms with van der Waals surface area (Å²) in [4.78, 5) is 18.5. The largest absolute Gasteiger partial charge is 0.372 e. The zero-order valence-electron chi connectivity index (χ0n) is 12.7. The van der Waals surface area contributed by atoms with Crippen molar-refractivity contribution in [1.82, 2.24) is 4.98 Å². The molecule has 1 N–H and O–H groups in total. The number of pyridine rings is 1. The van der Waals surface area contributed by atoms with Gasteiger partial charge in [0, 0.05) is 30.7 Å². The van der Waals surface area contributed by atoms with Crippen molar-refractivity contribution in [3.63, 3.8) is 0 Å². The number of carbonyl (C=O) groups is 1. The van der Waals surface area contributed by atoms with Gasteiger partial charge in [-0.15, -0.1) is 0 Å². The molecule has 4 heteroatoms. The highest BCUT2D eigenvalue weighted by Gasteiger charge is 2.10. The van der Waals surface area contributed by atoms with Gasteiger partial charge in [0.15, 0.2) is 0 Å². The summed E-state index contributed by atoms with van der Waals surface area (Å²) in [6, 6.07) is 13.4. The molecule has 0 bridgehead atoms. The Kier molecular flexibility index (Phi) is 4.68. The van der Waals surface area contributed by atoms with Crippen molar-refractivity contribution in [2.75, 3.05) is 23.3 Å². The van der Waals surface area contributed by atoms with Crippen LogP contribution in [0.25, 0.3) is 0 Å². The Morgan fingerprint density at radius 3 is 2.32 bits per heavy atom. The van der Waals surface area contributed by atoms with E-state index in [0.29, 0.717) is 5.69 Å². The molecule has 0 atom stereocenters. The fraction of sp³-hybridized carbons (Fsp3) is 0.333. The average Bonchev–Trinajstić information content (AvgIpc) is 2.86. The molecule has 0 radical (unpaired) electrons. The lowest BCUT2D eigenvalue weighted by molar-refractivity contribution is 0.102. The van der Waals surface area contributed by atoms with Crippen molar-refractivity contribution in [1.29, 1.82) is 0 Å². The van der Waals surface area contributed by atoms with Crippen LogP contribution in [-0.4, -0.2) is 24.0 Å². The number of benzene rings is 1. The minimum atomic E-state index is -0.178. The van der Waals surface area contributed by atoms with Crippen LogP contribution in [0.1, 0.15) is 36.2 Å². The van der Waals surface area contributed by atoms with E-state index in [1.54, 1.807) is 18.3 Å². The summed E-state index contributed by atoms with van der Waals surface area (Å²) in [7, 11) is 0. The van der Waals surface area contributed by atoms with E-state index in [-0.39, 0.29) is 5.91 Å². The summed E-state index contributed by atoms with van der Waals surface area (Å²) in [6.07, 6.45) is 6.80. The van der Waals surface area contributed by atoms with E-state index in [2.05, 4.69) is 27.3 Å². The van der Waals surface area contributed by atoms with Crippen LogP contribution < -0.4 is 10.2 Å². The fourth-order valence-corrected chi connectivity index (χ4v) is 2.78. The molecule has 4 nitrogen and oxygen atoms in total. The van der Waals surface area contributed by atoms with Crippen LogP contribution in [0.2, 0.25) is 0 Å². The molecule has 1 fully saturated rings. The molecule has 22 heavy (non-hydrogen) atoms. The van der Waals surface area contributed by atoms with Crippen LogP contribution >= 0.6 is 0 Å². The Bertz CT molecular complexity index is 602. The first-order chi connectivity index (χ1) is 10.8. The zero-order chi connectivity index (χ0) is 15.2. The van der Waals surface area contributed by atoms with Crippen LogP contribution in [0, 0.1) is 0 Å². The van der Waals surface area contributed by atoms with Crippen molar-refractivity contribution in [2.24, 2.45) is 0 Å². The third kappa shape index (κ3) is 3.64. The summed E-state index contributed by atoms with van der Waals surface area (Å²) >= 11 is 0. The van der Waals surface area contributed by atoms with Gasteiger partial charge in [0.05, 0.1) is 0 Å². The summed E-state index contributed by atoms with van der Waals surface area (Å²) in [5.74, 6) is -0.178. The molecule has 0 aliphatic carbocycles. The Morgan fingerprint density at radius 1 is 0.955 bits per heavy atom. The topological polar surface area (TPSA) is 45.2 Å². The molecule has 0 unspecified atom stereocenters. The smallest absolute Gasteiger partial charge is 0.274 e. The molecule has 0 saturated carbocycles. The van der Waals surface area contributed by atoms with Crippen LogP contribution in [0.3, 0.4) is 0 Å². The molecule has 1 saturated heterocycles. The number of anilines is 2. The summed E-state index contributed by atoms with van der Waals surface area (Å²) in [6.45, 7) is 2.25. The first-order valence-electron chi connectivity index (χ1n) is 7.90. The second-order valence-electron chi connectivity index (χ2n) is 5.62. The van der Waals surface area contributed by atoms with Crippen molar-refractivity contribution in [2.45, 2.75) is 25.7 Å². The monoisotopic (exact) mass is 295 g/mol. The van der Waals surface area contributed by atoms with Gasteiger partial charge >= 0.3 is 0 Å². The van der Waals surface area contributed by atoms with Gasteiger partial charge in [0.25, 0.3) is 5.91 Å². The van der Waals surface area contributed by atoms with E-state index in [1.165, 1.54) is 31.4 Å². The molecular formula is C18H21N3O. The average molecular weight is 295 g/mol. The van der Waals surface area contributed by atoms with Crippen LogP contribution in [0.5, 0.6) is 0 Å². The third-order valence-electron chi connectivity index (χ3n) is 3.99. The molecule has 3 rings (SSSR count). The Labute approximate surface area is 131 Å². The number of amides is 1. The van der Waals surface area contributed by atoms with E-state index in [4.69, 9.17) is 0 Å². The third-order valence-corrected chi connectivity index (χ3v) is 3.99. The number of aromatic nitrogens is 1. The van der Waals surface area contributed by atoms with E-state index < -0.39 is 0 Å². The van der Waals surface area contributed by atoms with Gasteiger partial charge in [-0.1, -0.05) is 18.9 Å². The normalized spacial score (nSPS) is 15.2. The van der Waals surface area contributed by atoms with Crippen LogP contribution in [0.15, 0.2) is 48.7 Å². The lowest BCUT2D eigenvalue weighted by Crippen LogP contribution is -2.23. The zero-order valence-corrected chi connectivity index (χ0v) is 12.7. The van der Waals surface area contributed by atoms with Gasteiger partial charge in [0.2, 0.25) is 0 Å². The Hall–Kier alpha value is -2.36. The number of hydrogen-bond acceptors (Lipinski definition) is 3. The molecule has 114 valence electrons. The lowest BCUT2D eigenvalue weighted by atomic mass is 10.2. The number of hydrogen-bond donors (Lipinski definition) is 1. The number of nitrogens with one attached hydrogen (secondary N) is 1. The van der Waals surface area contributed by atoms with Crippen molar-refractivity contribution < 1.29 is 4.79 Å². The van der Waals surface area contributed by atoms with E-state index >= 15 is 0 Å². The van der Waals surface area contributed by atoms with Gasteiger partial charge in [-0.2, -0.15) is 0 Å². The Balaban J connectivity index is 1.65. The lowest BCUT2D eigenvalue weighted by Gasteiger charge is -2.22. The second kappa shape index (κ2) is 7.07. The number of carbonyl (C=O) groups excluding carboxylic acids is 1. The first kappa shape index (κ1) is 14.6. The van der Waals surface area contributed by atoms with Crippen molar-refractivity contribution in [3.05, 3.63) is 54.4 Å². The first-order valence-corrected chi connectivity index (χ1v) is 7.90. The molecule has 1 aliphatic rings. The summed E-state index contributed by atoms with van der Waals surface area (Å²) in [5.41, 5.74) is 2.46. The molecule has 1 aliphatic heterocycles. The Morgan fingerprint density at radius 2 is 1.68 bits per heavy atom. The fourth-order valence-electron chi connectivity index (χ4n) is 2.78. The molecule has 1 amide bonds. The van der Waals surface area contributed by atoms with Crippen molar-refractivity contribution in [3.8, 4) is 0 Å². The molecular weight excluding hydrogens is 274 g/mol. The molecule has 0 spiro atoms. The van der Waals surface area contributed by atoms with E-state index in [1.807, 2.05) is 18.2 Å². The van der Waals surface area contributed by atoms with Crippen LogP contribution in [-0.2, 0) is 0 Å². The highest BCUT2D eigenvalue weighted by atomic mass is 16.1. The number of nitrogens with zero attached hydrogens (tertiary/aromatic N) is 2. The minimum Gasteiger partial charge on any atom is -0.372 e. The standard InChI is InChI=1S/C18H21N3O/c22-18(17-7-3-4-12-19-17)20-15-8-10-16(11-9-15)21-13-5-1-2-6-14-21/h3-4,7-12H,1-2,5-6,13-14H2,(H,20,22). The van der Waals surface area contributed by atoms with Gasteiger partial charge in [-0.05, 0) is 49.2 Å². The SMILES string of the molecule is O=C(Nc1ccc(N2CCCCCC2)cc1)c1ccccn1. The van der Waals surface area contributed by atoms with Crippen LogP contribution in [0.4, 0.5) is 11.4 Å². The predicted molar refractivity (Wildman–Crippen MR) is 89.3 cm³/mol. The van der Waals surface area contributed by atoms with Gasteiger partial charge in [-0.3, -0.25) is 9.78 Å². The van der Waals surface area contributed by atoms with Gasteiger partial charge < -0.3 is 10.2 Å². The maximum Gasteiger partial charge on any atom is 0.274 e. The highest BCUT2D eigenvalue weighted by Crippen LogP contribution is 2.21. The van der Waals surface area contributed by atoms with E-state index in [0.717, 1.165) is 18.8 Å². The second-order valence-corrected chi connectivity index (χ2v) is 5.62. The van der Waals surface area contributed by atoms with Crippen molar-refractivity contribution >= 4 is 17.3 Å². The van der Waals surface area contributed by atoms with Gasteiger partial charge in [0.1, 0.15) is 5.69 Å². The maximum absolute atomic E-state index is 12.1. The molecule has 1 aromatic heterocycles. The maximum atomic E-state index is 12.1. The quantitative estimate of drug-likeness (QED) is 0.938. The number of rotatable bonds is 3. The van der Waals surface area contributed by atoms with E-state index in [9.17, 15) is 4.79 Å².